The lowest BCUT2D eigenvalue weighted by Gasteiger charge is -2.29. The van der Waals surface area contributed by atoms with Gasteiger partial charge in [-0.05, 0) is 44.4 Å². The molecule has 3 N–H and O–H groups in total. The van der Waals surface area contributed by atoms with E-state index in [1.807, 2.05) is 0 Å². The van der Waals surface area contributed by atoms with Crippen LogP contribution in [0.5, 0.6) is 0 Å². The molecule has 0 aromatic carbocycles. The van der Waals surface area contributed by atoms with Gasteiger partial charge in [0.05, 0.1) is 5.41 Å². The van der Waals surface area contributed by atoms with Crippen LogP contribution in [0.2, 0.25) is 0 Å². The van der Waals surface area contributed by atoms with Crippen molar-refractivity contribution in [3.8, 4) is 0 Å². The number of carbonyl (C=O) groups excluding carboxylic acids is 1. The van der Waals surface area contributed by atoms with Crippen LogP contribution in [0.1, 0.15) is 52.9 Å². The van der Waals surface area contributed by atoms with Gasteiger partial charge in [-0.25, -0.2) is 4.79 Å². The van der Waals surface area contributed by atoms with Crippen LogP contribution >= 0.6 is 0 Å². The van der Waals surface area contributed by atoms with Crippen molar-refractivity contribution in [3.05, 3.63) is 0 Å². The normalized spacial score (nSPS) is 40.5. The molecular formula is C15H26N2O3. The summed E-state index contributed by atoms with van der Waals surface area (Å²) in [5.74, 6) is 0.300. The first-order valence-electron chi connectivity index (χ1n) is 7.65. The maximum absolute atomic E-state index is 12.1. The Kier molecular flexibility index (Phi) is 4.25. The molecule has 0 aromatic heterocycles. The third-order valence-corrected chi connectivity index (χ3v) is 5.53. The molecule has 20 heavy (non-hydrogen) atoms. The van der Waals surface area contributed by atoms with E-state index < -0.39 is 11.4 Å². The Balaban J connectivity index is 1.90. The van der Waals surface area contributed by atoms with E-state index in [0.717, 1.165) is 25.7 Å². The van der Waals surface area contributed by atoms with Gasteiger partial charge in [-0.3, -0.25) is 4.79 Å². The molecule has 0 aliphatic heterocycles. The number of hydrogen-bond acceptors (Lipinski definition) is 2. The Hall–Kier alpha value is -1.26. The van der Waals surface area contributed by atoms with Crippen molar-refractivity contribution in [1.29, 1.82) is 0 Å². The summed E-state index contributed by atoms with van der Waals surface area (Å²) >= 11 is 0. The Bertz CT molecular complexity index is 399. The van der Waals surface area contributed by atoms with Crippen LogP contribution in [0.3, 0.4) is 0 Å². The molecule has 2 rings (SSSR count). The molecule has 2 amide bonds. The first kappa shape index (κ1) is 15.1. The van der Waals surface area contributed by atoms with Gasteiger partial charge in [0, 0.05) is 12.1 Å². The molecule has 0 heterocycles. The van der Waals surface area contributed by atoms with Gasteiger partial charge in [-0.1, -0.05) is 20.3 Å². The molecule has 2 aliphatic rings. The highest BCUT2D eigenvalue weighted by atomic mass is 16.4. The molecule has 0 spiro atoms. The Morgan fingerprint density at radius 3 is 2.40 bits per heavy atom. The molecule has 0 radical (unpaired) electrons. The van der Waals surface area contributed by atoms with E-state index in [4.69, 9.17) is 0 Å². The minimum atomic E-state index is -0.827. The molecule has 5 atom stereocenters. The number of nitrogens with one attached hydrogen (secondary N) is 2. The number of amides is 2. The second-order valence-electron chi connectivity index (χ2n) is 6.81. The minimum Gasteiger partial charge on any atom is -0.481 e. The van der Waals surface area contributed by atoms with E-state index in [1.54, 1.807) is 6.92 Å². The van der Waals surface area contributed by atoms with E-state index >= 15 is 0 Å². The van der Waals surface area contributed by atoms with Crippen molar-refractivity contribution in [2.75, 3.05) is 0 Å². The molecule has 2 fully saturated rings. The third-order valence-electron chi connectivity index (χ3n) is 5.53. The largest absolute Gasteiger partial charge is 0.481 e. The predicted octanol–water partition coefficient (Wildman–Crippen LogP) is 2.36. The van der Waals surface area contributed by atoms with Gasteiger partial charge in [0.1, 0.15) is 0 Å². The molecule has 2 saturated carbocycles. The molecule has 5 unspecified atom stereocenters. The minimum absolute atomic E-state index is 0.211. The monoisotopic (exact) mass is 282 g/mol. The SMILES string of the molecule is CC1CCC(NC(=O)NC2CCCC2(C)C(=O)O)C1C. The zero-order valence-electron chi connectivity index (χ0n) is 12.6. The fourth-order valence-corrected chi connectivity index (χ4v) is 3.59. The highest BCUT2D eigenvalue weighted by Gasteiger charge is 2.46. The number of urea groups is 1. The molecule has 114 valence electrons. The molecule has 5 nitrogen and oxygen atoms in total. The summed E-state index contributed by atoms with van der Waals surface area (Å²) in [6.45, 7) is 6.11. The quantitative estimate of drug-likeness (QED) is 0.743. The Morgan fingerprint density at radius 1 is 1.15 bits per heavy atom. The highest BCUT2D eigenvalue weighted by molar-refractivity contribution is 5.79. The lowest BCUT2D eigenvalue weighted by molar-refractivity contribution is -0.148. The molecule has 5 heteroatoms. The number of aliphatic carboxylic acids is 1. The van der Waals surface area contributed by atoms with Crippen LogP contribution in [0, 0.1) is 17.3 Å². The Morgan fingerprint density at radius 2 is 1.85 bits per heavy atom. The van der Waals surface area contributed by atoms with E-state index in [1.165, 1.54) is 0 Å². The summed E-state index contributed by atoms with van der Waals surface area (Å²) in [4.78, 5) is 23.5. The van der Waals surface area contributed by atoms with Crippen molar-refractivity contribution in [1.82, 2.24) is 10.6 Å². The summed E-state index contributed by atoms with van der Waals surface area (Å²) in [6, 6.07) is -0.271. The smallest absolute Gasteiger partial charge is 0.315 e. The van der Waals surface area contributed by atoms with Gasteiger partial charge in [0.25, 0.3) is 0 Å². The number of hydrogen-bond donors (Lipinski definition) is 3. The molecule has 2 aliphatic carbocycles. The van der Waals surface area contributed by atoms with Gasteiger partial charge in [-0.2, -0.15) is 0 Å². The number of carbonyl (C=O) groups is 2. The molecule has 0 bridgehead atoms. The van der Waals surface area contributed by atoms with Crippen molar-refractivity contribution in [2.45, 2.75) is 65.0 Å². The van der Waals surface area contributed by atoms with E-state index in [0.29, 0.717) is 18.3 Å². The lowest BCUT2D eigenvalue weighted by Crippen LogP contribution is -2.52. The van der Waals surface area contributed by atoms with Crippen LogP contribution in [-0.4, -0.2) is 29.2 Å². The average Bonchev–Trinajstić information content (AvgIpc) is 2.89. The standard InChI is InChI=1S/C15H26N2O3/c1-9-6-7-11(10(9)2)16-14(20)17-12-5-4-8-15(12,3)13(18)19/h9-12H,4-8H2,1-3H3,(H,18,19)(H2,16,17,20). The summed E-state index contributed by atoms with van der Waals surface area (Å²) in [5.41, 5.74) is -0.827. The first-order chi connectivity index (χ1) is 9.34. The van der Waals surface area contributed by atoms with Gasteiger partial charge in [0.15, 0.2) is 0 Å². The van der Waals surface area contributed by atoms with E-state index in [9.17, 15) is 14.7 Å². The third kappa shape index (κ3) is 2.76. The fourth-order valence-electron chi connectivity index (χ4n) is 3.59. The second-order valence-corrected chi connectivity index (χ2v) is 6.81. The maximum atomic E-state index is 12.1. The van der Waals surface area contributed by atoms with Crippen LogP contribution in [0.15, 0.2) is 0 Å². The van der Waals surface area contributed by atoms with Crippen LogP contribution < -0.4 is 10.6 Å². The van der Waals surface area contributed by atoms with Gasteiger partial charge in [-0.15, -0.1) is 0 Å². The molecule has 0 saturated heterocycles. The predicted molar refractivity (Wildman–Crippen MR) is 76.4 cm³/mol. The molecular weight excluding hydrogens is 256 g/mol. The van der Waals surface area contributed by atoms with Crippen molar-refractivity contribution >= 4 is 12.0 Å². The maximum Gasteiger partial charge on any atom is 0.315 e. The fraction of sp³-hybridized carbons (Fsp3) is 0.867. The van der Waals surface area contributed by atoms with E-state index in [-0.39, 0.29) is 18.1 Å². The summed E-state index contributed by atoms with van der Waals surface area (Å²) in [5, 5.41) is 15.2. The zero-order valence-corrected chi connectivity index (χ0v) is 12.6. The first-order valence-corrected chi connectivity index (χ1v) is 7.65. The van der Waals surface area contributed by atoms with E-state index in [2.05, 4.69) is 24.5 Å². The lowest BCUT2D eigenvalue weighted by atomic mass is 9.85. The molecule has 0 aromatic rings. The summed E-state index contributed by atoms with van der Waals surface area (Å²) < 4.78 is 0. The van der Waals surface area contributed by atoms with Gasteiger partial charge >= 0.3 is 12.0 Å². The van der Waals surface area contributed by atoms with Gasteiger partial charge < -0.3 is 15.7 Å². The van der Waals surface area contributed by atoms with Gasteiger partial charge in [0.2, 0.25) is 0 Å². The number of carboxylic acid groups (broad SMARTS) is 1. The van der Waals surface area contributed by atoms with Crippen LogP contribution in [0.4, 0.5) is 4.79 Å². The van der Waals surface area contributed by atoms with Crippen LogP contribution in [0.25, 0.3) is 0 Å². The van der Waals surface area contributed by atoms with Crippen molar-refractivity contribution < 1.29 is 14.7 Å². The topological polar surface area (TPSA) is 78.4 Å². The van der Waals surface area contributed by atoms with Crippen LogP contribution in [-0.2, 0) is 4.79 Å². The summed E-state index contributed by atoms with van der Waals surface area (Å²) in [6.07, 6.45) is 4.38. The number of rotatable bonds is 3. The summed E-state index contributed by atoms with van der Waals surface area (Å²) in [7, 11) is 0. The van der Waals surface area contributed by atoms with Crippen molar-refractivity contribution in [2.24, 2.45) is 17.3 Å². The second kappa shape index (κ2) is 5.62. The highest BCUT2D eigenvalue weighted by Crippen LogP contribution is 2.38. The van der Waals surface area contributed by atoms with Crippen molar-refractivity contribution in [3.63, 3.8) is 0 Å². The number of carboxylic acids is 1. The Labute approximate surface area is 120 Å². The average molecular weight is 282 g/mol. The zero-order chi connectivity index (χ0) is 14.9.